The lowest BCUT2D eigenvalue weighted by Gasteiger charge is -1.90. The number of unbranched alkanes of at least 4 members (excludes halogenated alkanes) is 4. The normalized spacial score (nSPS) is 8.40. The molecule has 0 amide bonds. The van der Waals surface area contributed by atoms with Gasteiger partial charge in [0.1, 0.15) is 6.79 Å². The van der Waals surface area contributed by atoms with Crippen LogP contribution in [0.3, 0.4) is 0 Å². The van der Waals surface area contributed by atoms with Crippen molar-refractivity contribution in [2.75, 3.05) is 6.79 Å². The molecule has 0 heterocycles. The molecule has 0 aliphatic heterocycles. The van der Waals surface area contributed by atoms with Crippen LogP contribution in [0.15, 0.2) is 0 Å². The van der Waals surface area contributed by atoms with Gasteiger partial charge < -0.3 is 10.2 Å². The number of aliphatic hydroxyl groups excluding tert-OH is 1. The van der Waals surface area contributed by atoms with Gasteiger partial charge in [-0.2, -0.15) is 0 Å². The van der Waals surface area contributed by atoms with E-state index in [1.165, 1.54) is 32.1 Å². The Bertz CT molecular complexity index is 34.2. The smallest absolute Gasteiger partial charge is 0.140 e. The first-order valence-corrected chi connectivity index (χ1v) is 4.05. The first-order chi connectivity index (χ1) is 4.83. The predicted molar refractivity (Wildman–Crippen MR) is 43.7 cm³/mol. The molecular formula is C8H20O2. The van der Waals surface area contributed by atoms with Crippen LogP contribution in [0.1, 0.15) is 46.0 Å². The van der Waals surface area contributed by atoms with Crippen LogP contribution in [0.25, 0.3) is 0 Å². The van der Waals surface area contributed by atoms with E-state index in [0.29, 0.717) is 0 Å². The van der Waals surface area contributed by atoms with Crippen LogP contribution in [0.4, 0.5) is 0 Å². The van der Waals surface area contributed by atoms with E-state index in [1.807, 2.05) is 0 Å². The fraction of sp³-hybridized carbons (Fsp3) is 1.00. The van der Waals surface area contributed by atoms with E-state index < -0.39 is 6.79 Å². The molecule has 0 aromatic rings. The second-order valence-electron chi connectivity index (χ2n) is 2.20. The molecule has 0 spiro atoms. The first-order valence-electron chi connectivity index (χ1n) is 4.05. The predicted octanol–water partition coefficient (Wildman–Crippen LogP) is 1.91. The minimum absolute atomic E-state index is 0.750. The summed E-state index contributed by atoms with van der Waals surface area (Å²) in [4.78, 5) is 0. The van der Waals surface area contributed by atoms with Crippen molar-refractivity contribution < 1.29 is 10.2 Å². The lowest BCUT2D eigenvalue weighted by Crippen LogP contribution is -1.70. The third-order valence-electron chi connectivity index (χ3n) is 1.21. The van der Waals surface area contributed by atoms with Crippen LogP contribution in [-0.2, 0) is 0 Å². The standard InChI is InChI=1S/C7H16.CH4O2/c1-3-5-7-6-4-2;2-1-3/h3-7H2,1-2H3;2-3H,1H2. The summed E-state index contributed by atoms with van der Waals surface area (Å²) >= 11 is 0. The van der Waals surface area contributed by atoms with Crippen molar-refractivity contribution in [3.05, 3.63) is 0 Å². The Morgan fingerprint density at radius 2 is 1.10 bits per heavy atom. The third-order valence-corrected chi connectivity index (χ3v) is 1.21. The van der Waals surface area contributed by atoms with Gasteiger partial charge in [-0.1, -0.05) is 46.0 Å². The summed E-state index contributed by atoms with van der Waals surface area (Å²) in [6.07, 6.45) is 7.01. The van der Waals surface area contributed by atoms with Crippen LogP contribution >= 0.6 is 0 Å². The zero-order chi connectivity index (χ0) is 8.24. The number of rotatable bonds is 4. The van der Waals surface area contributed by atoms with Gasteiger partial charge in [0.15, 0.2) is 0 Å². The van der Waals surface area contributed by atoms with Crippen molar-refractivity contribution in [2.24, 2.45) is 0 Å². The van der Waals surface area contributed by atoms with Crippen molar-refractivity contribution in [1.29, 1.82) is 0 Å². The van der Waals surface area contributed by atoms with Crippen LogP contribution in [0.2, 0.25) is 0 Å². The Kier molecular flexibility index (Phi) is 20.1. The third kappa shape index (κ3) is 24.7. The van der Waals surface area contributed by atoms with Crippen molar-refractivity contribution in [3.8, 4) is 0 Å². The van der Waals surface area contributed by atoms with E-state index in [4.69, 9.17) is 10.2 Å². The Hall–Kier alpha value is -0.0800. The Labute approximate surface area is 63.9 Å². The number of hydrogen-bond acceptors (Lipinski definition) is 2. The molecule has 0 aromatic carbocycles. The summed E-state index contributed by atoms with van der Waals surface area (Å²) < 4.78 is 0. The minimum Gasteiger partial charge on any atom is -0.371 e. The summed E-state index contributed by atoms with van der Waals surface area (Å²) in [6.45, 7) is 3.74. The average molecular weight is 148 g/mol. The van der Waals surface area contributed by atoms with Crippen LogP contribution in [0, 0.1) is 0 Å². The highest BCUT2D eigenvalue weighted by molar-refractivity contribution is 4.35. The minimum atomic E-state index is -0.750. The molecule has 2 nitrogen and oxygen atoms in total. The zero-order valence-corrected chi connectivity index (χ0v) is 7.14. The summed E-state index contributed by atoms with van der Waals surface area (Å²) in [6, 6.07) is 0. The largest absolute Gasteiger partial charge is 0.371 e. The van der Waals surface area contributed by atoms with E-state index in [-0.39, 0.29) is 0 Å². The maximum atomic E-state index is 7.12. The van der Waals surface area contributed by atoms with E-state index in [2.05, 4.69) is 13.8 Å². The van der Waals surface area contributed by atoms with Gasteiger partial charge in [0.05, 0.1) is 0 Å². The Balaban J connectivity index is 0. The maximum Gasteiger partial charge on any atom is 0.140 e. The molecular weight excluding hydrogens is 128 g/mol. The van der Waals surface area contributed by atoms with Crippen LogP contribution in [-0.4, -0.2) is 17.0 Å². The molecule has 0 fully saturated rings. The quantitative estimate of drug-likeness (QED) is 0.472. The van der Waals surface area contributed by atoms with Gasteiger partial charge in [0.2, 0.25) is 0 Å². The Morgan fingerprint density at radius 3 is 1.30 bits per heavy atom. The van der Waals surface area contributed by atoms with Gasteiger partial charge in [0, 0.05) is 0 Å². The monoisotopic (exact) mass is 148 g/mol. The molecule has 0 rings (SSSR count). The van der Waals surface area contributed by atoms with Gasteiger partial charge in [-0.05, 0) is 0 Å². The molecule has 0 saturated heterocycles. The highest BCUT2D eigenvalue weighted by atomic mass is 16.5. The zero-order valence-electron chi connectivity index (χ0n) is 7.14. The van der Waals surface area contributed by atoms with Crippen molar-refractivity contribution >= 4 is 0 Å². The molecule has 0 bridgehead atoms. The maximum absolute atomic E-state index is 7.12. The molecule has 0 aliphatic rings. The van der Waals surface area contributed by atoms with Crippen LogP contribution < -0.4 is 0 Å². The molecule has 0 saturated carbocycles. The molecule has 2 heteroatoms. The molecule has 2 N–H and O–H groups in total. The lowest BCUT2D eigenvalue weighted by atomic mass is 10.2. The fourth-order valence-electron chi connectivity index (χ4n) is 0.677. The molecule has 0 unspecified atom stereocenters. The summed E-state index contributed by atoms with van der Waals surface area (Å²) in [5, 5.41) is 14.2. The topological polar surface area (TPSA) is 40.5 Å². The van der Waals surface area contributed by atoms with Gasteiger partial charge in [-0.3, -0.25) is 0 Å². The first kappa shape index (κ1) is 12.6. The van der Waals surface area contributed by atoms with E-state index in [0.717, 1.165) is 0 Å². The van der Waals surface area contributed by atoms with Crippen LogP contribution in [0.5, 0.6) is 0 Å². The van der Waals surface area contributed by atoms with Crippen molar-refractivity contribution in [3.63, 3.8) is 0 Å². The molecule has 0 aromatic heterocycles. The Morgan fingerprint density at radius 1 is 0.800 bits per heavy atom. The number of aliphatic hydroxyl groups is 2. The van der Waals surface area contributed by atoms with Gasteiger partial charge in [-0.15, -0.1) is 0 Å². The molecule has 64 valence electrons. The van der Waals surface area contributed by atoms with E-state index >= 15 is 0 Å². The second-order valence-corrected chi connectivity index (χ2v) is 2.20. The van der Waals surface area contributed by atoms with E-state index in [9.17, 15) is 0 Å². The lowest BCUT2D eigenvalue weighted by molar-refractivity contribution is 0.0773. The van der Waals surface area contributed by atoms with Gasteiger partial charge >= 0.3 is 0 Å². The molecule has 0 atom stereocenters. The molecule has 10 heavy (non-hydrogen) atoms. The van der Waals surface area contributed by atoms with E-state index in [1.54, 1.807) is 0 Å². The fourth-order valence-corrected chi connectivity index (χ4v) is 0.677. The summed E-state index contributed by atoms with van der Waals surface area (Å²) in [7, 11) is 0. The molecule has 0 aliphatic carbocycles. The highest BCUT2D eigenvalue weighted by Crippen LogP contribution is 2.00. The van der Waals surface area contributed by atoms with Crippen molar-refractivity contribution in [1.82, 2.24) is 0 Å². The summed E-state index contributed by atoms with van der Waals surface area (Å²) in [5.41, 5.74) is 0. The second kappa shape index (κ2) is 16.0. The number of hydrogen-bond donors (Lipinski definition) is 2. The SMILES string of the molecule is CCCCCCC.OCO. The van der Waals surface area contributed by atoms with Gasteiger partial charge in [-0.25, -0.2) is 0 Å². The van der Waals surface area contributed by atoms with Crippen molar-refractivity contribution in [2.45, 2.75) is 46.0 Å². The highest BCUT2D eigenvalue weighted by Gasteiger charge is 1.80. The summed E-state index contributed by atoms with van der Waals surface area (Å²) in [5.74, 6) is 0. The average Bonchev–Trinajstić information content (AvgIpc) is 1.91. The molecule has 0 radical (unpaired) electrons. The van der Waals surface area contributed by atoms with Gasteiger partial charge in [0.25, 0.3) is 0 Å².